The van der Waals surface area contributed by atoms with Gasteiger partial charge in [-0.3, -0.25) is 0 Å². The molecule has 0 heterocycles. The smallest absolute Gasteiger partial charge is 0.862 e. The fourth-order valence-electron chi connectivity index (χ4n) is 0.216. The molecule has 0 aromatic rings. The topological polar surface area (TPSA) is 87.0 Å². The summed E-state index contributed by atoms with van der Waals surface area (Å²) in [5.41, 5.74) is 0. The van der Waals surface area contributed by atoms with Gasteiger partial charge in [-0.05, 0) is 18.7 Å². The molecule has 4 nitrogen and oxygen atoms in total. The van der Waals surface area contributed by atoms with Crippen LogP contribution in [0.2, 0.25) is 0 Å². The first-order valence-corrected chi connectivity index (χ1v) is 2.07. The number of carbonyl (C=O) groups is 1. The molecule has 0 bridgehead atoms. The van der Waals surface area contributed by atoms with Crippen molar-refractivity contribution in [1.29, 1.82) is 5.41 Å². The Morgan fingerprint density at radius 3 is 1.70 bits per heavy atom. The van der Waals surface area contributed by atoms with Gasteiger partial charge in [0.05, 0.1) is 0 Å². The molecule has 0 rings (SSSR count). The van der Waals surface area contributed by atoms with Crippen molar-refractivity contribution in [3.63, 3.8) is 0 Å². The van der Waals surface area contributed by atoms with E-state index in [-0.39, 0.29) is 72.0 Å². The van der Waals surface area contributed by atoms with E-state index in [0.29, 0.717) is 0 Å². The molecule has 0 atom stereocenters. The Morgan fingerprint density at radius 1 is 1.20 bits per heavy atom. The van der Waals surface area contributed by atoms with E-state index in [1.807, 2.05) is 0 Å². The SMILES string of the molecule is N=C([O-])CCC(=O)[O-].[Na+].[Na+]. The zero-order valence-corrected chi connectivity index (χ0v) is 10.1. The van der Waals surface area contributed by atoms with Gasteiger partial charge in [0.15, 0.2) is 0 Å². The second-order valence-corrected chi connectivity index (χ2v) is 1.30. The maximum atomic E-state index is 9.72. The quantitative estimate of drug-likeness (QED) is 0.253. The van der Waals surface area contributed by atoms with E-state index in [4.69, 9.17) is 5.41 Å². The number of aliphatic carboxylic acids is 1. The van der Waals surface area contributed by atoms with Gasteiger partial charge in [-0.2, -0.15) is 0 Å². The van der Waals surface area contributed by atoms with E-state index in [9.17, 15) is 15.0 Å². The third-order valence-electron chi connectivity index (χ3n) is 0.556. The molecule has 0 unspecified atom stereocenters. The average Bonchev–Trinajstić information content (AvgIpc) is 1.61. The molecule has 0 saturated heterocycles. The molecule has 10 heavy (non-hydrogen) atoms. The van der Waals surface area contributed by atoms with Gasteiger partial charge >= 0.3 is 59.1 Å². The van der Waals surface area contributed by atoms with Gasteiger partial charge in [0.2, 0.25) is 0 Å². The van der Waals surface area contributed by atoms with Crippen LogP contribution in [0.15, 0.2) is 0 Å². The van der Waals surface area contributed by atoms with Gasteiger partial charge in [-0.15, -0.1) is 0 Å². The Balaban J connectivity index is -0.000000245. The van der Waals surface area contributed by atoms with Crippen LogP contribution in [0.25, 0.3) is 0 Å². The second kappa shape index (κ2) is 9.94. The van der Waals surface area contributed by atoms with Gasteiger partial charge < -0.3 is 20.4 Å². The summed E-state index contributed by atoms with van der Waals surface area (Å²) in [6.07, 6.45) is -0.593. The molecule has 0 radical (unpaired) electrons. The molecule has 0 saturated carbocycles. The van der Waals surface area contributed by atoms with Gasteiger partial charge in [0.25, 0.3) is 0 Å². The van der Waals surface area contributed by atoms with Gasteiger partial charge in [-0.1, -0.05) is 0 Å². The van der Waals surface area contributed by atoms with Crippen LogP contribution in [0.1, 0.15) is 12.8 Å². The van der Waals surface area contributed by atoms with Crippen molar-refractivity contribution in [1.82, 2.24) is 0 Å². The minimum Gasteiger partial charge on any atom is -0.862 e. The number of hydrogen-bond acceptors (Lipinski definition) is 4. The van der Waals surface area contributed by atoms with Crippen LogP contribution in [0.5, 0.6) is 0 Å². The van der Waals surface area contributed by atoms with Crippen LogP contribution in [-0.2, 0) is 4.79 Å². The van der Waals surface area contributed by atoms with Crippen molar-refractivity contribution in [2.75, 3.05) is 0 Å². The summed E-state index contributed by atoms with van der Waals surface area (Å²) >= 11 is 0. The molecule has 46 valence electrons. The summed E-state index contributed by atoms with van der Waals surface area (Å²) < 4.78 is 0. The van der Waals surface area contributed by atoms with E-state index in [2.05, 4.69) is 0 Å². The van der Waals surface area contributed by atoms with Crippen molar-refractivity contribution >= 4 is 11.9 Å². The molecular weight excluding hydrogens is 156 g/mol. The van der Waals surface area contributed by atoms with E-state index < -0.39 is 11.9 Å². The summed E-state index contributed by atoms with van der Waals surface area (Å²) in [7, 11) is 0. The minimum absolute atomic E-state index is 0. The fourth-order valence-corrected chi connectivity index (χ4v) is 0.216. The Hall–Kier alpha value is 0.940. The Morgan fingerprint density at radius 2 is 1.60 bits per heavy atom. The van der Waals surface area contributed by atoms with Crippen LogP contribution in [0.3, 0.4) is 0 Å². The van der Waals surface area contributed by atoms with Crippen LogP contribution < -0.4 is 69.3 Å². The molecule has 0 aliphatic heterocycles. The van der Waals surface area contributed by atoms with Crippen molar-refractivity contribution in [2.24, 2.45) is 0 Å². The first kappa shape index (κ1) is 17.1. The van der Waals surface area contributed by atoms with E-state index in [0.717, 1.165) is 0 Å². The summed E-state index contributed by atoms with van der Waals surface area (Å²) in [6.45, 7) is 0. The number of hydrogen-bond donors (Lipinski definition) is 1. The Kier molecular flexibility index (Phi) is 17.0. The molecule has 0 spiro atoms. The third-order valence-corrected chi connectivity index (χ3v) is 0.556. The molecule has 0 aliphatic carbocycles. The second-order valence-electron chi connectivity index (χ2n) is 1.30. The summed E-state index contributed by atoms with van der Waals surface area (Å²) in [6, 6.07) is 0. The van der Waals surface area contributed by atoms with Gasteiger partial charge in [-0.25, -0.2) is 0 Å². The third kappa shape index (κ3) is 16.0. The molecule has 0 aromatic heterocycles. The van der Waals surface area contributed by atoms with Gasteiger partial charge in [0, 0.05) is 5.97 Å². The van der Waals surface area contributed by atoms with Crippen LogP contribution >= 0.6 is 0 Å². The molecule has 6 heteroatoms. The monoisotopic (exact) mass is 161 g/mol. The van der Waals surface area contributed by atoms with Crippen molar-refractivity contribution in [3.05, 3.63) is 0 Å². The predicted molar refractivity (Wildman–Crippen MR) is 22.0 cm³/mol. The van der Waals surface area contributed by atoms with Crippen molar-refractivity contribution < 1.29 is 74.1 Å². The van der Waals surface area contributed by atoms with E-state index in [1.165, 1.54) is 0 Å². The Bertz CT molecular complexity index is 103. The summed E-state index contributed by atoms with van der Waals surface area (Å²) in [5.74, 6) is -2.15. The normalized spacial score (nSPS) is 6.80. The van der Waals surface area contributed by atoms with Crippen molar-refractivity contribution in [3.8, 4) is 0 Å². The fraction of sp³-hybridized carbons (Fsp3) is 0.500. The zero-order chi connectivity index (χ0) is 6.57. The Labute approximate surface area is 103 Å². The first-order chi connectivity index (χ1) is 3.63. The average molecular weight is 161 g/mol. The standard InChI is InChI=1S/C4H7NO3.2Na/c5-3(6)1-2-4(7)8;;/h1-2H2,(H2,5,6)(H,7,8);;/q;2*+1/p-2. The number of carbonyl (C=O) groups excluding carboxylic acids is 1. The number of carboxylic acid groups (broad SMARTS) is 1. The van der Waals surface area contributed by atoms with Gasteiger partial charge in [0.1, 0.15) is 0 Å². The van der Waals surface area contributed by atoms with Crippen LogP contribution in [-0.4, -0.2) is 11.9 Å². The number of rotatable bonds is 3. The molecule has 0 aliphatic rings. The maximum Gasteiger partial charge on any atom is 1.00 e. The zero-order valence-electron chi connectivity index (χ0n) is 6.14. The molecule has 0 amide bonds. The van der Waals surface area contributed by atoms with E-state index in [1.54, 1.807) is 0 Å². The van der Waals surface area contributed by atoms with E-state index >= 15 is 0 Å². The molecule has 0 aromatic carbocycles. The molecular formula is C4H5NNa2O3. The van der Waals surface area contributed by atoms with Crippen LogP contribution in [0, 0.1) is 5.41 Å². The predicted octanol–water partition coefficient (Wildman–Crippen LogP) is -8.14. The summed E-state index contributed by atoms with van der Waals surface area (Å²) in [5, 5.41) is 25.5. The maximum absolute atomic E-state index is 9.72. The molecule has 1 N–H and O–H groups in total. The first-order valence-electron chi connectivity index (χ1n) is 2.07. The number of carboxylic acids is 1. The largest absolute Gasteiger partial charge is 1.00 e. The minimum atomic E-state index is -1.29. The van der Waals surface area contributed by atoms with Crippen LogP contribution in [0.4, 0.5) is 0 Å². The summed E-state index contributed by atoms with van der Waals surface area (Å²) in [4.78, 5) is 9.56. The van der Waals surface area contributed by atoms with Crippen molar-refractivity contribution in [2.45, 2.75) is 12.8 Å². The molecule has 0 fully saturated rings. The number of nitrogens with one attached hydrogen (secondary N) is 1.